The van der Waals surface area contributed by atoms with Gasteiger partial charge >= 0.3 is 0 Å². The molecule has 4 heterocycles. The van der Waals surface area contributed by atoms with E-state index >= 15 is 0 Å². The van der Waals surface area contributed by atoms with Crippen molar-refractivity contribution in [3.63, 3.8) is 0 Å². The molecule has 0 fully saturated rings. The summed E-state index contributed by atoms with van der Waals surface area (Å²) in [5.74, 6) is 0.751. The number of aromatic amines is 1. The summed E-state index contributed by atoms with van der Waals surface area (Å²) in [5, 5.41) is 5.63. The molecule has 0 aliphatic heterocycles. The zero-order valence-electron chi connectivity index (χ0n) is 12.8. The number of aryl methyl sites for hydroxylation is 1. The van der Waals surface area contributed by atoms with Crippen molar-refractivity contribution in [1.29, 1.82) is 0 Å². The van der Waals surface area contributed by atoms with Crippen LogP contribution in [0.1, 0.15) is 16.1 Å². The SMILES string of the molecule is Cc1cc[nH]c1C(=O)Nc1nc(-c2ccccn2)nc2sccc12. The summed E-state index contributed by atoms with van der Waals surface area (Å²) in [4.78, 5) is 29.6. The number of nitrogens with zero attached hydrogens (tertiary/aromatic N) is 3. The molecule has 0 saturated carbocycles. The summed E-state index contributed by atoms with van der Waals surface area (Å²) in [6.07, 6.45) is 3.43. The van der Waals surface area contributed by atoms with E-state index in [1.165, 1.54) is 11.3 Å². The van der Waals surface area contributed by atoms with E-state index < -0.39 is 0 Å². The second-order valence-electron chi connectivity index (χ2n) is 5.24. The summed E-state index contributed by atoms with van der Waals surface area (Å²) < 4.78 is 0. The average molecular weight is 335 g/mol. The Morgan fingerprint density at radius 2 is 2.12 bits per heavy atom. The number of hydrogen-bond acceptors (Lipinski definition) is 5. The van der Waals surface area contributed by atoms with Gasteiger partial charge in [-0.2, -0.15) is 0 Å². The number of thiophene rings is 1. The first kappa shape index (κ1) is 14.5. The molecule has 0 spiro atoms. The fourth-order valence-electron chi connectivity index (χ4n) is 2.42. The number of rotatable bonds is 3. The predicted octanol–water partition coefficient (Wildman–Crippen LogP) is 3.64. The highest BCUT2D eigenvalue weighted by Gasteiger charge is 2.16. The summed E-state index contributed by atoms with van der Waals surface area (Å²) >= 11 is 1.50. The maximum Gasteiger partial charge on any atom is 0.273 e. The number of fused-ring (bicyclic) bond motifs is 1. The van der Waals surface area contributed by atoms with Gasteiger partial charge in [-0.25, -0.2) is 9.97 Å². The highest BCUT2D eigenvalue weighted by molar-refractivity contribution is 7.16. The smallest absolute Gasteiger partial charge is 0.273 e. The molecule has 118 valence electrons. The first-order valence-corrected chi connectivity index (χ1v) is 8.22. The van der Waals surface area contributed by atoms with Crippen molar-refractivity contribution < 1.29 is 4.79 Å². The molecule has 0 aliphatic carbocycles. The van der Waals surface area contributed by atoms with Gasteiger partial charge in [0.2, 0.25) is 0 Å². The van der Waals surface area contributed by atoms with Crippen molar-refractivity contribution >= 4 is 33.3 Å². The summed E-state index contributed by atoms with van der Waals surface area (Å²) in [5.41, 5.74) is 2.07. The van der Waals surface area contributed by atoms with Gasteiger partial charge < -0.3 is 10.3 Å². The summed E-state index contributed by atoms with van der Waals surface area (Å²) in [7, 11) is 0. The molecule has 0 saturated heterocycles. The van der Waals surface area contributed by atoms with Crippen LogP contribution in [0.4, 0.5) is 5.82 Å². The number of carbonyl (C=O) groups is 1. The van der Waals surface area contributed by atoms with E-state index in [2.05, 4.69) is 25.3 Å². The molecule has 4 aromatic heterocycles. The minimum atomic E-state index is -0.226. The Bertz CT molecular complexity index is 1020. The lowest BCUT2D eigenvalue weighted by Crippen LogP contribution is -2.15. The van der Waals surface area contributed by atoms with Gasteiger partial charge in [-0.05, 0) is 42.1 Å². The van der Waals surface area contributed by atoms with Crippen molar-refractivity contribution in [2.75, 3.05) is 5.32 Å². The second-order valence-corrected chi connectivity index (χ2v) is 6.13. The zero-order valence-corrected chi connectivity index (χ0v) is 13.6. The third kappa shape index (κ3) is 2.55. The molecule has 4 aromatic rings. The monoisotopic (exact) mass is 335 g/mol. The van der Waals surface area contributed by atoms with Crippen LogP contribution < -0.4 is 5.32 Å². The van der Waals surface area contributed by atoms with Crippen molar-refractivity contribution in [3.05, 3.63) is 59.4 Å². The number of H-pyrrole nitrogens is 1. The lowest BCUT2D eigenvalue weighted by atomic mass is 10.2. The minimum absolute atomic E-state index is 0.226. The van der Waals surface area contributed by atoms with Crippen LogP contribution in [0.25, 0.3) is 21.7 Å². The quantitative estimate of drug-likeness (QED) is 0.599. The maximum absolute atomic E-state index is 12.5. The lowest BCUT2D eigenvalue weighted by molar-refractivity contribution is 0.102. The van der Waals surface area contributed by atoms with E-state index in [4.69, 9.17) is 0 Å². The van der Waals surface area contributed by atoms with Crippen LogP contribution in [0.15, 0.2) is 48.1 Å². The molecule has 24 heavy (non-hydrogen) atoms. The van der Waals surface area contributed by atoms with Crippen LogP contribution in [-0.2, 0) is 0 Å². The van der Waals surface area contributed by atoms with E-state index in [0.29, 0.717) is 23.0 Å². The standard InChI is InChI=1S/C17H13N5OS/c1-10-5-8-19-13(10)16(23)21-14-11-6-9-24-17(11)22-15(20-14)12-4-2-3-7-18-12/h2-9,19H,1H3,(H,20,21,22,23). The molecule has 2 N–H and O–H groups in total. The van der Waals surface area contributed by atoms with Gasteiger partial charge in [-0.3, -0.25) is 9.78 Å². The molecule has 7 heteroatoms. The number of carbonyl (C=O) groups excluding carboxylic acids is 1. The largest absolute Gasteiger partial charge is 0.357 e. The van der Waals surface area contributed by atoms with Crippen molar-refractivity contribution in [2.24, 2.45) is 0 Å². The Morgan fingerprint density at radius 3 is 2.88 bits per heavy atom. The molecule has 0 radical (unpaired) electrons. The highest BCUT2D eigenvalue weighted by Crippen LogP contribution is 2.28. The molecule has 6 nitrogen and oxygen atoms in total. The highest BCUT2D eigenvalue weighted by atomic mass is 32.1. The van der Waals surface area contributed by atoms with Crippen LogP contribution in [0.2, 0.25) is 0 Å². The number of pyridine rings is 1. The number of amides is 1. The van der Waals surface area contributed by atoms with Crippen molar-refractivity contribution in [3.8, 4) is 11.5 Å². The van der Waals surface area contributed by atoms with E-state index in [1.807, 2.05) is 42.6 Å². The third-order valence-electron chi connectivity index (χ3n) is 3.63. The van der Waals surface area contributed by atoms with Crippen LogP contribution in [0.5, 0.6) is 0 Å². The normalized spacial score (nSPS) is 10.9. The number of aromatic nitrogens is 4. The molecule has 4 rings (SSSR count). The van der Waals surface area contributed by atoms with E-state index in [-0.39, 0.29) is 5.91 Å². The fraction of sp³-hybridized carbons (Fsp3) is 0.0588. The molecule has 0 bridgehead atoms. The van der Waals surface area contributed by atoms with Gasteiger partial charge in [0, 0.05) is 12.4 Å². The Balaban J connectivity index is 1.78. The van der Waals surface area contributed by atoms with Gasteiger partial charge in [-0.15, -0.1) is 11.3 Å². The van der Waals surface area contributed by atoms with E-state index in [1.54, 1.807) is 12.4 Å². The van der Waals surface area contributed by atoms with Crippen LogP contribution in [0, 0.1) is 6.92 Å². The third-order valence-corrected chi connectivity index (χ3v) is 4.44. The molecule has 0 aromatic carbocycles. The van der Waals surface area contributed by atoms with Gasteiger partial charge in [0.05, 0.1) is 5.39 Å². The molecular formula is C17H13N5OS. The molecule has 0 unspecified atom stereocenters. The van der Waals surface area contributed by atoms with Gasteiger partial charge in [-0.1, -0.05) is 6.07 Å². The van der Waals surface area contributed by atoms with E-state index in [0.717, 1.165) is 15.8 Å². The second kappa shape index (κ2) is 5.86. The number of hydrogen-bond donors (Lipinski definition) is 2. The van der Waals surface area contributed by atoms with Gasteiger partial charge in [0.1, 0.15) is 22.0 Å². The first-order valence-electron chi connectivity index (χ1n) is 7.34. The van der Waals surface area contributed by atoms with Crippen molar-refractivity contribution in [2.45, 2.75) is 6.92 Å². The first-order chi connectivity index (χ1) is 11.7. The Kier molecular flexibility index (Phi) is 3.55. The predicted molar refractivity (Wildman–Crippen MR) is 94.1 cm³/mol. The zero-order chi connectivity index (χ0) is 16.5. The van der Waals surface area contributed by atoms with Gasteiger partial charge in [0.15, 0.2) is 5.82 Å². The van der Waals surface area contributed by atoms with Crippen LogP contribution >= 0.6 is 11.3 Å². The Labute approximate surface area is 141 Å². The topological polar surface area (TPSA) is 83.6 Å². The van der Waals surface area contributed by atoms with Crippen LogP contribution in [-0.4, -0.2) is 25.8 Å². The Morgan fingerprint density at radius 1 is 1.21 bits per heavy atom. The van der Waals surface area contributed by atoms with Crippen molar-refractivity contribution in [1.82, 2.24) is 19.9 Å². The lowest BCUT2D eigenvalue weighted by Gasteiger charge is -2.07. The van der Waals surface area contributed by atoms with Gasteiger partial charge in [0.25, 0.3) is 5.91 Å². The average Bonchev–Trinajstić information content (AvgIpc) is 3.24. The number of anilines is 1. The number of nitrogens with one attached hydrogen (secondary N) is 2. The minimum Gasteiger partial charge on any atom is -0.357 e. The summed E-state index contributed by atoms with van der Waals surface area (Å²) in [6, 6.07) is 9.32. The maximum atomic E-state index is 12.5. The molecule has 0 atom stereocenters. The molecule has 0 aliphatic rings. The van der Waals surface area contributed by atoms with Crippen LogP contribution in [0.3, 0.4) is 0 Å². The summed E-state index contributed by atoms with van der Waals surface area (Å²) in [6.45, 7) is 1.88. The molecule has 1 amide bonds. The van der Waals surface area contributed by atoms with E-state index in [9.17, 15) is 4.79 Å². The molecular weight excluding hydrogens is 322 g/mol. The fourth-order valence-corrected chi connectivity index (χ4v) is 3.19. The Hall–Kier alpha value is -3.06.